The Morgan fingerprint density at radius 3 is 1.17 bits per heavy atom. The number of hydrogen-bond donors (Lipinski definition) is 0. The highest BCUT2D eigenvalue weighted by molar-refractivity contribution is 4.89. The van der Waals surface area contributed by atoms with Crippen LogP contribution < -0.4 is 0 Å². The molecular weight excluding hydrogens is 280 g/mol. The minimum atomic E-state index is 0.248. The van der Waals surface area contributed by atoms with Gasteiger partial charge in [0.1, 0.15) is 0 Å². The third-order valence-electron chi connectivity index (χ3n) is 5.94. The van der Waals surface area contributed by atoms with Gasteiger partial charge in [-0.3, -0.25) is 0 Å². The Morgan fingerprint density at radius 1 is 0.652 bits per heavy atom. The van der Waals surface area contributed by atoms with Crippen LogP contribution in [0.15, 0.2) is 0 Å². The molecule has 0 aliphatic heterocycles. The second-order valence-corrected chi connectivity index (χ2v) is 9.23. The first-order valence-electron chi connectivity index (χ1n) is 10.2. The molecule has 0 radical (unpaired) electrons. The van der Waals surface area contributed by atoms with Crippen molar-refractivity contribution >= 4 is 0 Å². The van der Waals surface area contributed by atoms with Crippen LogP contribution in [0.4, 0.5) is 0 Å². The molecule has 0 aromatic carbocycles. The molecule has 23 heavy (non-hydrogen) atoms. The zero-order valence-electron chi connectivity index (χ0n) is 18.0. The molecule has 0 saturated carbocycles. The van der Waals surface area contributed by atoms with E-state index in [0.717, 1.165) is 0 Å². The lowest BCUT2D eigenvalue weighted by Crippen LogP contribution is -2.46. The molecule has 0 aromatic heterocycles. The van der Waals surface area contributed by atoms with E-state index < -0.39 is 0 Å². The summed E-state index contributed by atoms with van der Waals surface area (Å²) in [6, 6.07) is 0. The quantitative estimate of drug-likeness (QED) is 0.361. The summed E-state index contributed by atoms with van der Waals surface area (Å²) < 4.78 is 6.99. The van der Waals surface area contributed by atoms with Gasteiger partial charge in [-0.15, -0.1) is 0 Å². The molecule has 0 fully saturated rings. The summed E-state index contributed by atoms with van der Waals surface area (Å²) in [5.74, 6) is 1.22. The first-order chi connectivity index (χ1) is 10.6. The fraction of sp³-hybridized carbons (Fsp3) is 1.00. The second kappa shape index (κ2) is 10.1. The van der Waals surface area contributed by atoms with Gasteiger partial charge in [0, 0.05) is 0 Å². The minimum Gasteiger partial charge on any atom is -0.373 e. The minimum absolute atomic E-state index is 0.248. The van der Waals surface area contributed by atoms with E-state index in [4.69, 9.17) is 4.74 Å². The second-order valence-electron chi connectivity index (χ2n) is 9.23. The summed E-state index contributed by atoms with van der Waals surface area (Å²) in [4.78, 5) is 0. The van der Waals surface area contributed by atoms with Crippen molar-refractivity contribution in [2.75, 3.05) is 0 Å². The van der Waals surface area contributed by atoms with E-state index in [9.17, 15) is 0 Å². The fourth-order valence-corrected chi connectivity index (χ4v) is 4.34. The third-order valence-corrected chi connectivity index (χ3v) is 5.94. The molecule has 1 nitrogen and oxygen atoms in total. The molecule has 4 atom stereocenters. The average Bonchev–Trinajstić information content (AvgIpc) is 2.45. The highest BCUT2D eigenvalue weighted by atomic mass is 16.5. The van der Waals surface area contributed by atoms with Crippen LogP contribution in [0.5, 0.6) is 0 Å². The van der Waals surface area contributed by atoms with Crippen molar-refractivity contribution in [3.8, 4) is 0 Å². The number of hydrogen-bond acceptors (Lipinski definition) is 1. The van der Waals surface area contributed by atoms with Gasteiger partial charge in [-0.25, -0.2) is 0 Å². The van der Waals surface area contributed by atoms with Crippen LogP contribution in [0.2, 0.25) is 0 Å². The predicted octanol–water partition coefficient (Wildman–Crippen LogP) is 7.49. The maximum Gasteiger partial charge on any atom is 0.0655 e. The van der Waals surface area contributed by atoms with E-state index >= 15 is 0 Å². The Balaban J connectivity index is 5.51. The Kier molecular flexibility index (Phi) is 10.0. The van der Waals surface area contributed by atoms with Crippen molar-refractivity contribution in [3.05, 3.63) is 0 Å². The summed E-state index contributed by atoms with van der Waals surface area (Å²) >= 11 is 0. The zero-order valence-corrected chi connectivity index (χ0v) is 18.0. The van der Waals surface area contributed by atoms with Gasteiger partial charge < -0.3 is 4.74 Å². The smallest absolute Gasteiger partial charge is 0.0655 e. The lowest BCUT2D eigenvalue weighted by atomic mass is 9.73. The molecule has 4 unspecified atom stereocenters. The molecular formula is C22H46O. The molecule has 1 heteroatoms. The Bertz CT molecular complexity index is 275. The average molecular weight is 327 g/mol. The van der Waals surface area contributed by atoms with Crippen molar-refractivity contribution in [2.45, 2.75) is 120 Å². The van der Waals surface area contributed by atoms with Gasteiger partial charge in [0.25, 0.3) is 0 Å². The van der Waals surface area contributed by atoms with E-state index in [2.05, 4.69) is 69.2 Å². The van der Waals surface area contributed by atoms with Crippen LogP contribution in [0, 0.1) is 22.7 Å². The Hall–Kier alpha value is -0.0400. The molecule has 0 bridgehead atoms. The van der Waals surface area contributed by atoms with E-state index in [1.165, 1.54) is 38.5 Å². The summed E-state index contributed by atoms with van der Waals surface area (Å²) in [7, 11) is 0. The number of rotatable bonds is 12. The van der Waals surface area contributed by atoms with E-state index in [1.54, 1.807) is 0 Å². The first-order valence-corrected chi connectivity index (χ1v) is 10.2. The van der Waals surface area contributed by atoms with Crippen molar-refractivity contribution in [2.24, 2.45) is 22.7 Å². The molecule has 0 N–H and O–H groups in total. The summed E-state index contributed by atoms with van der Waals surface area (Å²) in [6.45, 7) is 23.6. The Labute approximate surface area is 148 Å². The van der Waals surface area contributed by atoms with Crippen molar-refractivity contribution in [3.63, 3.8) is 0 Å². The summed E-state index contributed by atoms with van der Waals surface area (Å²) in [5.41, 5.74) is 0.496. The van der Waals surface area contributed by atoms with Gasteiger partial charge in [0.15, 0.2) is 0 Å². The van der Waals surface area contributed by atoms with Gasteiger partial charge in [0.2, 0.25) is 0 Å². The standard InChI is InChI=1S/C22H46O/c1-11-15-21(7,8)19(17(5)13-3)23-20(18(6)14-4)22(9,10)16-12-2/h17-20H,11-16H2,1-10H3. The van der Waals surface area contributed by atoms with Crippen LogP contribution in [0.3, 0.4) is 0 Å². The monoisotopic (exact) mass is 326 g/mol. The van der Waals surface area contributed by atoms with Crippen LogP contribution in [-0.4, -0.2) is 12.2 Å². The van der Waals surface area contributed by atoms with Gasteiger partial charge in [0.05, 0.1) is 12.2 Å². The van der Waals surface area contributed by atoms with E-state index in [1.807, 2.05) is 0 Å². The van der Waals surface area contributed by atoms with Gasteiger partial charge in [-0.2, -0.15) is 0 Å². The SMILES string of the molecule is CCCC(C)(C)C(OC(C(C)CC)C(C)(C)CCC)C(C)CC. The topological polar surface area (TPSA) is 9.23 Å². The molecule has 0 amide bonds. The highest BCUT2D eigenvalue weighted by Gasteiger charge is 2.40. The molecule has 0 aliphatic rings. The van der Waals surface area contributed by atoms with E-state index in [0.29, 0.717) is 24.0 Å². The lowest BCUT2D eigenvalue weighted by Gasteiger charge is -2.46. The van der Waals surface area contributed by atoms with Gasteiger partial charge in [-0.1, -0.05) is 94.9 Å². The maximum atomic E-state index is 6.99. The maximum absolute atomic E-state index is 6.99. The van der Waals surface area contributed by atoms with Crippen LogP contribution in [0.25, 0.3) is 0 Å². The zero-order chi connectivity index (χ0) is 18.3. The Morgan fingerprint density at radius 2 is 0.957 bits per heavy atom. The summed E-state index contributed by atoms with van der Waals surface area (Å²) in [6.07, 6.45) is 8.03. The molecule has 140 valence electrons. The molecule has 0 saturated heterocycles. The molecule has 0 spiro atoms. The van der Waals surface area contributed by atoms with E-state index in [-0.39, 0.29) is 10.8 Å². The summed E-state index contributed by atoms with van der Waals surface area (Å²) in [5, 5.41) is 0. The molecule has 0 rings (SSSR count). The van der Waals surface area contributed by atoms with Crippen molar-refractivity contribution < 1.29 is 4.74 Å². The fourth-order valence-electron chi connectivity index (χ4n) is 4.34. The third kappa shape index (κ3) is 6.77. The van der Waals surface area contributed by atoms with Crippen LogP contribution in [-0.2, 0) is 4.74 Å². The molecule has 0 aromatic rings. The first kappa shape index (κ1) is 23.0. The van der Waals surface area contributed by atoms with Crippen LogP contribution >= 0.6 is 0 Å². The highest BCUT2D eigenvalue weighted by Crippen LogP contribution is 2.41. The van der Waals surface area contributed by atoms with Crippen molar-refractivity contribution in [1.29, 1.82) is 0 Å². The van der Waals surface area contributed by atoms with Gasteiger partial charge >= 0.3 is 0 Å². The van der Waals surface area contributed by atoms with Crippen LogP contribution in [0.1, 0.15) is 108 Å². The van der Waals surface area contributed by atoms with Crippen molar-refractivity contribution in [1.82, 2.24) is 0 Å². The molecule has 0 aliphatic carbocycles. The largest absolute Gasteiger partial charge is 0.373 e. The number of ether oxygens (including phenoxy) is 1. The molecule has 0 heterocycles. The lowest BCUT2D eigenvalue weighted by molar-refractivity contribution is -0.157. The normalized spacial score (nSPS) is 18.5. The predicted molar refractivity (Wildman–Crippen MR) is 105 cm³/mol. The van der Waals surface area contributed by atoms with Gasteiger partial charge in [-0.05, 0) is 35.5 Å².